The Labute approximate surface area is 192 Å². The largest absolute Gasteiger partial charge is 0.323 e. The Morgan fingerprint density at radius 1 is 0.500 bits per heavy atom. The molecule has 0 saturated carbocycles. The van der Waals surface area contributed by atoms with Gasteiger partial charge in [0.2, 0.25) is 0 Å². The van der Waals surface area contributed by atoms with E-state index in [2.05, 4.69) is 21.3 Å². The SMILES string of the molecule is O=C(Nc1cccc(NC(=O)Nc2ccc(Cl)c(Cl)c2)c1)Nc1ccc(Cl)c(Cl)c1. The minimum absolute atomic E-state index is 0.327. The monoisotopic (exact) mass is 482 g/mol. The molecule has 0 atom stereocenters. The van der Waals surface area contributed by atoms with Crippen LogP contribution in [0.25, 0.3) is 0 Å². The Morgan fingerprint density at radius 3 is 1.23 bits per heavy atom. The second-order valence-corrected chi connectivity index (χ2v) is 7.63. The van der Waals surface area contributed by atoms with Crippen molar-refractivity contribution in [1.29, 1.82) is 0 Å². The van der Waals surface area contributed by atoms with Crippen LogP contribution < -0.4 is 21.3 Å². The van der Waals surface area contributed by atoms with Crippen LogP contribution in [-0.2, 0) is 0 Å². The van der Waals surface area contributed by atoms with E-state index in [1.54, 1.807) is 48.5 Å². The first-order valence-corrected chi connectivity index (χ1v) is 9.97. The van der Waals surface area contributed by atoms with E-state index < -0.39 is 12.1 Å². The number of carbonyl (C=O) groups is 2. The van der Waals surface area contributed by atoms with Crippen LogP contribution in [-0.4, -0.2) is 12.1 Å². The van der Waals surface area contributed by atoms with E-state index in [4.69, 9.17) is 46.4 Å². The van der Waals surface area contributed by atoms with Crippen molar-refractivity contribution in [3.63, 3.8) is 0 Å². The van der Waals surface area contributed by atoms with Crippen molar-refractivity contribution in [1.82, 2.24) is 0 Å². The minimum Gasteiger partial charge on any atom is -0.308 e. The lowest BCUT2D eigenvalue weighted by Gasteiger charge is -2.11. The summed E-state index contributed by atoms with van der Waals surface area (Å²) in [6, 6.07) is 15.2. The summed E-state index contributed by atoms with van der Waals surface area (Å²) < 4.78 is 0. The molecule has 0 heterocycles. The number of benzene rings is 3. The van der Waals surface area contributed by atoms with Crippen molar-refractivity contribution in [2.24, 2.45) is 0 Å². The first-order valence-electron chi connectivity index (χ1n) is 8.46. The standard InChI is InChI=1S/C20H14Cl4N4O2/c21-15-6-4-13(9-17(15)23)27-19(29)25-11-2-1-3-12(8-11)26-20(30)28-14-5-7-16(22)18(24)10-14/h1-10H,(H2,25,27,29)(H2,26,28,30). The van der Waals surface area contributed by atoms with Crippen molar-refractivity contribution < 1.29 is 9.59 Å². The Bertz CT molecular complexity index is 1030. The zero-order valence-corrected chi connectivity index (χ0v) is 18.1. The van der Waals surface area contributed by atoms with E-state index in [1.165, 1.54) is 12.1 Å². The highest BCUT2D eigenvalue weighted by molar-refractivity contribution is 6.42. The predicted molar refractivity (Wildman–Crippen MR) is 125 cm³/mol. The van der Waals surface area contributed by atoms with Crippen LogP contribution in [0.2, 0.25) is 20.1 Å². The molecule has 0 aliphatic carbocycles. The fraction of sp³-hybridized carbons (Fsp3) is 0. The van der Waals surface area contributed by atoms with E-state index >= 15 is 0 Å². The molecule has 0 radical (unpaired) electrons. The molecule has 3 aromatic carbocycles. The molecule has 0 saturated heterocycles. The molecular weight excluding hydrogens is 470 g/mol. The Balaban J connectivity index is 1.59. The molecule has 154 valence electrons. The molecule has 3 aromatic rings. The van der Waals surface area contributed by atoms with Crippen LogP contribution in [0, 0.1) is 0 Å². The predicted octanol–water partition coefficient (Wildman–Crippen LogP) is 7.59. The molecule has 0 aliphatic rings. The van der Waals surface area contributed by atoms with Gasteiger partial charge in [0.25, 0.3) is 0 Å². The Hall–Kier alpha value is -2.64. The minimum atomic E-state index is -0.481. The van der Waals surface area contributed by atoms with E-state index in [-0.39, 0.29) is 0 Å². The molecule has 0 aliphatic heterocycles. The van der Waals surface area contributed by atoms with Crippen molar-refractivity contribution in [3.8, 4) is 0 Å². The third-order valence-electron chi connectivity index (χ3n) is 3.73. The van der Waals surface area contributed by atoms with Gasteiger partial charge >= 0.3 is 12.1 Å². The number of rotatable bonds is 4. The number of anilines is 4. The van der Waals surface area contributed by atoms with Gasteiger partial charge in [-0.25, -0.2) is 9.59 Å². The second kappa shape index (κ2) is 9.91. The van der Waals surface area contributed by atoms with Gasteiger partial charge in [0.15, 0.2) is 0 Å². The maximum Gasteiger partial charge on any atom is 0.323 e. The Kier molecular flexibility index (Phi) is 7.29. The molecule has 4 N–H and O–H groups in total. The second-order valence-electron chi connectivity index (χ2n) is 6.00. The molecule has 10 heteroatoms. The highest BCUT2D eigenvalue weighted by Gasteiger charge is 2.08. The van der Waals surface area contributed by atoms with Crippen molar-refractivity contribution >= 4 is 81.2 Å². The molecule has 0 bridgehead atoms. The molecular formula is C20H14Cl4N4O2. The lowest BCUT2D eigenvalue weighted by atomic mass is 10.2. The lowest BCUT2D eigenvalue weighted by molar-refractivity contribution is 0.261. The molecule has 4 amide bonds. The van der Waals surface area contributed by atoms with Gasteiger partial charge in [-0.1, -0.05) is 52.5 Å². The number of carbonyl (C=O) groups excluding carboxylic acids is 2. The summed E-state index contributed by atoms with van der Waals surface area (Å²) in [5.41, 5.74) is 1.91. The van der Waals surface area contributed by atoms with E-state index in [9.17, 15) is 9.59 Å². The maximum absolute atomic E-state index is 12.2. The van der Waals surface area contributed by atoms with Gasteiger partial charge in [0.05, 0.1) is 20.1 Å². The number of hydrogen-bond acceptors (Lipinski definition) is 2. The zero-order chi connectivity index (χ0) is 21.7. The number of halogens is 4. The molecule has 3 rings (SSSR count). The van der Waals surface area contributed by atoms with Gasteiger partial charge < -0.3 is 21.3 Å². The zero-order valence-electron chi connectivity index (χ0n) is 15.1. The summed E-state index contributed by atoms with van der Waals surface area (Å²) >= 11 is 23.6. The molecule has 6 nitrogen and oxygen atoms in total. The third-order valence-corrected chi connectivity index (χ3v) is 5.21. The van der Waals surface area contributed by atoms with Gasteiger partial charge in [-0.05, 0) is 54.6 Å². The molecule has 30 heavy (non-hydrogen) atoms. The lowest BCUT2D eigenvalue weighted by Crippen LogP contribution is -2.21. The average Bonchev–Trinajstić information content (AvgIpc) is 2.68. The smallest absolute Gasteiger partial charge is 0.308 e. The van der Waals surface area contributed by atoms with Crippen LogP contribution in [0.15, 0.2) is 60.7 Å². The van der Waals surface area contributed by atoms with E-state index in [0.717, 1.165) is 0 Å². The fourth-order valence-corrected chi connectivity index (χ4v) is 3.01. The van der Waals surface area contributed by atoms with E-state index in [1.807, 2.05) is 0 Å². The van der Waals surface area contributed by atoms with Crippen molar-refractivity contribution in [2.75, 3.05) is 21.3 Å². The first kappa shape index (κ1) is 22.1. The van der Waals surface area contributed by atoms with Gasteiger partial charge in [0.1, 0.15) is 0 Å². The first-order chi connectivity index (χ1) is 14.3. The fourth-order valence-electron chi connectivity index (χ4n) is 2.41. The van der Waals surface area contributed by atoms with Crippen molar-refractivity contribution in [2.45, 2.75) is 0 Å². The normalized spacial score (nSPS) is 10.3. The summed E-state index contributed by atoms with van der Waals surface area (Å²) in [5, 5.41) is 12.1. The number of hydrogen-bond donors (Lipinski definition) is 4. The van der Waals surface area contributed by atoms with Crippen LogP contribution >= 0.6 is 46.4 Å². The van der Waals surface area contributed by atoms with Gasteiger partial charge in [-0.3, -0.25) is 0 Å². The van der Waals surface area contributed by atoms with E-state index in [0.29, 0.717) is 42.8 Å². The number of nitrogens with one attached hydrogen (secondary N) is 4. The topological polar surface area (TPSA) is 82.3 Å². The summed E-state index contributed by atoms with van der Waals surface area (Å²) in [6.07, 6.45) is 0. The van der Waals surface area contributed by atoms with Crippen LogP contribution in [0.5, 0.6) is 0 Å². The summed E-state index contributed by atoms with van der Waals surface area (Å²) in [7, 11) is 0. The van der Waals surface area contributed by atoms with Gasteiger partial charge in [0, 0.05) is 22.7 Å². The third kappa shape index (κ3) is 6.18. The highest BCUT2D eigenvalue weighted by atomic mass is 35.5. The highest BCUT2D eigenvalue weighted by Crippen LogP contribution is 2.26. The molecule has 0 aromatic heterocycles. The van der Waals surface area contributed by atoms with Gasteiger partial charge in [-0.2, -0.15) is 0 Å². The van der Waals surface area contributed by atoms with Crippen LogP contribution in [0.4, 0.5) is 32.3 Å². The van der Waals surface area contributed by atoms with Crippen LogP contribution in [0.3, 0.4) is 0 Å². The quantitative estimate of drug-likeness (QED) is 0.308. The molecule has 0 spiro atoms. The number of amides is 4. The number of urea groups is 2. The van der Waals surface area contributed by atoms with Gasteiger partial charge in [-0.15, -0.1) is 0 Å². The van der Waals surface area contributed by atoms with Crippen LogP contribution in [0.1, 0.15) is 0 Å². The summed E-state index contributed by atoms with van der Waals surface area (Å²) in [5.74, 6) is 0. The van der Waals surface area contributed by atoms with Crippen molar-refractivity contribution in [3.05, 3.63) is 80.8 Å². The average molecular weight is 484 g/mol. The summed E-state index contributed by atoms with van der Waals surface area (Å²) in [4.78, 5) is 24.4. The maximum atomic E-state index is 12.2. The molecule has 0 fully saturated rings. The molecule has 0 unspecified atom stereocenters. The Morgan fingerprint density at radius 2 is 0.867 bits per heavy atom. The summed E-state index contributed by atoms with van der Waals surface area (Å²) in [6.45, 7) is 0.